The number of aliphatic hydroxyl groups is 1. The highest BCUT2D eigenvalue weighted by molar-refractivity contribution is 5.83. The predicted molar refractivity (Wildman–Crippen MR) is 120 cm³/mol. The highest BCUT2D eigenvalue weighted by atomic mass is 16.5. The fraction of sp³-hybridized carbons (Fsp3) is 0.231. The molecule has 3 aromatic rings. The van der Waals surface area contributed by atoms with Crippen molar-refractivity contribution < 1.29 is 28.9 Å². The summed E-state index contributed by atoms with van der Waals surface area (Å²) in [6, 6.07) is 21.2. The molecule has 166 valence electrons. The summed E-state index contributed by atoms with van der Waals surface area (Å²) in [6.07, 6.45) is -0.189. The van der Waals surface area contributed by atoms with Gasteiger partial charge in [0, 0.05) is 6.42 Å². The van der Waals surface area contributed by atoms with Crippen molar-refractivity contribution in [2.75, 3.05) is 14.2 Å². The molecule has 0 spiro atoms. The SMILES string of the molecule is COc1ccc(C(O)(c2ccc(OC)cc2)c2ccc(OC(CC=O)C(C)=O)cc2)cc1. The first kappa shape index (κ1) is 23.0. The molecule has 0 aromatic heterocycles. The fourth-order valence-electron chi connectivity index (χ4n) is 3.49. The Morgan fingerprint density at radius 1 is 0.812 bits per heavy atom. The smallest absolute Gasteiger partial charge is 0.170 e. The first-order valence-corrected chi connectivity index (χ1v) is 10.1. The summed E-state index contributed by atoms with van der Waals surface area (Å²) < 4.78 is 16.2. The van der Waals surface area contributed by atoms with Crippen molar-refractivity contribution in [2.45, 2.75) is 25.0 Å². The largest absolute Gasteiger partial charge is 0.497 e. The van der Waals surface area contributed by atoms with E-state index in [9.17, 15) is 14.7 Å². The Balaban J connectivity index is 2.02. The normalized spacial score (nSPS) is 12.0. The summed E-state index contributed by atoms with van der Waals surface area (Å²) in [5, 5.41) is 12.0. The van der Waals surface area contributed by atoms with Crippen molar-refractivity contribution in [2.24, 2.45) is 0 Å². The van der Waals surface area contributed by atoms with Gasteiger partial charge < -0.3 is 24.1 Å². The molecule has 0 bridgehead atoms. The van der Waals surface area contributed by atoms with Crippen LogP contribution in [0.4, 0.5) is 0 Å². The molecule has 0 aliphatic rings. The van der Waals surface area contributed by atoms with E-state index in [-0.39, 0.29) is 12.2 Å². The van der Waals surface area contributed by atoms with Crippen molar-refractivity contribution in [1.29, 1.82) is 0 Å². The van der Waals surface area contributed by atoms with Crippen molar-refractivity contribution in [3.8, 4) is 17.2 Å². The first-order chi connectivity index (χ1) is 15.4. The standard InChI is InChI=1S/C26H26O6/c1-18(28)25(16-17-27)32-24-14-8-21(9-15-24)26(29,19-4-10-22(30-2)11-5-19)20-6-12-23(31-3)13-7-20/h4-15,17,25,29H,16H2,1-3H3. The minimum Gasteiger partial charge on any atom is -0.497 e. The van der Waals surface area contributed by atoms with E-state index >= 15 is 0 Å². The van der Waals surface area contributed by atoms with Crippen LogP contribution in [0.1, 0.15) is 30.0 Å². The average Bonchev–Trinajstić information content (AvgIpc) is 2.83. The second-order valence-corrected chi connectivity index (χ2v) is 7.31. The summed E-state index contributed by atoms with van der Waals surface area (Å²) in [5.41, 5.74) is 0.453. The minimum absolute atomic E-state index is 0.0152. The van der Waals surface area contributed by atoms with Gasteiger partial charge in [0.05, 0.1) is 14.2 Å². The third kappa shape index (κ3) is 4.81. The van der Waals surface area contributed by atoms with Crippen molar-refractivity contribution in [1.82, 2.24) is 0 Å². The third-order valence-corrected chi connectivity index (χ3v) is 5.33. The van der Waals surface area contributed by atoms with Gasteiger partial charge in [0.1, 0.15) is 29.1 Å². The van der Waals surface area contributed by atoms with Crippen LogP contribution in [0.5, 0.6) is 17.2 Å². The Bertz CT molecular complexity index is 992. The van der Waals surface area contributed by atoms with E-state index in [2.05, 4.69) is 0 Å². The number of hydrogen-bond acceptors (Lipinski definition) is 6. The van der Waals surface area contributed by atoms with Gasteiger partial charge >= 0.3 is 0 Å². The van der Waals surface area contributed by atoms with Crippen LogP contribution in [-0.2, 0) is 15.2 Å². The van der Waals surface area contributed by atoms with E-state index in [0.29, 0.717) is 40.2 Å². The number of aldehydes is 1. The molecule has 0 aliphatic heterocycles. The number of methoxy groups -OCH3 is 2. The maximum Gasteiger partial charge on any atom is 0.170 e. The zero-order chi connectivity index (χ0) is 23.1. The van der Waals surface area contributed by atoms with Crippen LogP contribution < -0.4 is 14.2 Å². The summed E-state index contributed by atoms with van der Waals surface area (Å²) in [6.45, 7) is 1.38. The van der Waals surface area contributed by atoms with E-state index in [1.54, 1.807) is 62.8 Å². The van der Waals surface area contributed by atoms with E-state index in [4.69, 9.17) is 14.2 Å². The lowest BCUT2D eigenvalue weighted by Crippen LogP contribution is -2.29. The van der Waals surface area contributed by atoms with Gasteiger partial charge in [-0.3, -0.25) is 4.79 Å². The predicted octanol–water partition coefficient (Wildman–Crippen LogP) is 3.91. The second-order valence-electron chi connectivity index (χ2n) is 7.31. The van der Waals surface area contributed by atoms with Crippen LogP contribution in [0.25, 0.3) is 0 Å². The molecule has 0 aliphatic carbocycles. The third-order valence-electron chi connectivity index (χ3n) is 5.33. The van der Waals surface area contributed by atoms with Gasteiger partial charge in [-0.15, -0.1) is 0 Å². The second kappa shape index (κ2) is 10.1. The molecule has 32 heavy (non-hydrogen) atoms. The molecule has 1 atom stereocenters. The average molecular weight is 434 g/mol. The lowest BCUT2D eigenvalue weighted by molar-refractivity contribution is -0.126. The minimum atomic E-state index is -1.46. The fourth-order valence-corrected chi connectivity index (χ4v) is 3.49. The molecule has 0 saturated heterocycles. The molecule has 3 aromatic carbocycles. The zero-order valence-electron chi connectivity index (χ0n) is 18.3. The number of hydrogen-bond donors (Lipinski definition) is 1. The molecule has 6 heteroatoms. The highest BCUT2D eigenvalue weighted by Crippen LogP contribution is 2.38. The van der Waals surface area contributed by atoms with E-state index in [1.165, 1.54) is 6.92 Å². The highest BCUT2D eigenvalue weighted by Gasteiger charge is 2.34. The van der Waals surface area contributed by atoms with Crippen molar-refractivity contribution >= 4 is 12.1 Å². The summed E-state index contributed by atoms with van der Waals surface area (Å²) >= 11 is 0. The van der Waals surface area contributed by atoms with Crippen molar-refractivity contribution in [3.05, 3.63) is 89.5 Å². The van der Waals surface area contributed by atoms with Crippen LogP contribution in [0, 0.1) is 0 Å². The Morgan fingerprint density at radius 2 is 1.19 bits per heavy atom. The van der Waals surface area contributed by atoms with E-state index in [0.717, 1.165) is 0 Å². The number of carbonyl (C=O) groups excluding carboxylic acids is 2. The maximum atomic E-state index is 12.0. The molecule has 0 heterocycles. The topological polar surface area (TPSA) is 82.1 Å². The molecular weight excluding hydrogens is 408 g/mol. The number of benzene rings is 3. The Morgan fingerprint density at radius 3 is 1.50 bits per heavy atom. The van der Waals surface area contributed by atoms with E-state index in [1.807, 2.05) is 24.3 Å². The van der Waals surface area contributed by atoms with Crippen LogP contribution >= 0.6 is 0 Å². The van der Waals surface area contributed by atoms with Gasteiger partial charge in [-0.05, 0) is 60.0 Å². The number of ether oxygens (including phenoxy) is 3. The molecule has 0 radical (unpaired) electrons. The maximum absolute atomic E-state index is 12.0. The Hall–Kier alpha value is -3.64. The quantitative estimate of drug-likeness (QED) is 0.385. The molecule has 0 amide bonds. The van der Waals surface area contributed by atoms with Gasteiger partial charge in [0.2, 0.25) is 0 Å². The van der Waals surface area contributed by atoms with Gasteiger partial charge in [-0.1, -0.05) is 36.4 Å². The van der Waals surface area contributed by atoms with E-state index < -0.39 is 11.7 Å². The number of Topliss-reactive ketones (excluding diaryl/α,β-unsaturated/α-hetero) is 1. The number of ketones is 1. The van der Waals surface area contributed by atoms with Crippen molar-refractivity contribution in [3.63, 3.8) is 0 Å². The molecule has 1 N–H and O–H groups in total. The summed E-state index contributed by atoms with van der Waals surface area (Å²) in [4.78, 5) is 22.5. The van der Waals surface area contributed by atoms with Crippen LogP contribution in [0.3, 0.4) is 0 Å². The van der Waals surface area contributed by atoms with Gasteiger partial charge in [-0.25, -0.2) is 0 Å². The molecule has 3 rings (SSSR count). The summed E-state index contributed by atoms with van der Waals surface area (Å²) in [5.74, 6) is 1.57. The lowest BCUT2D eigenvalue weighted by Gasteiger charge is -2.30. The molecule has 1 unspecified atom stereocenters. The number of rotatable bonds is 10. The van der Waals surface area contributed by atoms with Gasteiger partial charge in [0.15, 0.2) is 11.9 Å². The molecular formula is C26H26O6. The van der Waals surface area contributed by atoms with Gasteiger partial charge in [-0.2, -0.15) is 0 Å². The van der Waals surface area contributed by atoms with Crippen LogP contribution in [-0.4, -0.2) is 37.5 Å². The lowest BCUT2D eigenvalue weighted by atomic mass is 9.80. The summed E-state index contributed by atoms with van der Waals surface area (Å²) in [7, 11) is 3.17. The van der Waals surface area contributed by atoms with Crippen LogP contribution in [0.2, 0.25) is 0 Å². The molecule has 0 saturated carbocycles. The Kier molecular flexibility index (Phi) is 7.28. The monoisotopic (exact) mass is 434 g/mol. The number of carbonyl (C=O) groups is 2. The zero-order valence-corrected chi connectivity index (χ0v) is 18.3. The molecule has 0 fully saturated rings. The van der Waals surface area contributed by atoms with Crippen LogP contribution in [0.15, 0.2) is 72.8 Å². The van der Waals surface area contributed by atoms with Gasteiger partial charge in [0.25, 0.3) is 0 Å². The Labute approximate surface area is 187 Å². The molecule has 6 nitrogen and oxygen atoms in total. The first-order valence-electron chi connectivity index (χ1n) is 10.1.